The van der Waals surface area contributed by atoms with E-state index in [-0.39, 0.29) is 5.97 Å². The van der Waals surface area contributed by atoms with Gasteiger partial charge in [-0.25, -0.2) is 0 Å². The van der Waals surface area contributed by atoms with Crippen molar-refractivity contribution >= 4 is 5.97 Å². The van der Waals surface area contributed by atoms with E-state index in [0.717, 1.165) is 12.8 Å². The maximum atomic E-state index is 11.5. The van der Waals surface area contributed by atoms with Gasteiger partial charge in [0.05, 0.1) is 46.2 Å². The van der Waals surface area contributed by atoms with Crippen LogP contribution in [-0.2, 0) is 28.5 Å². The first kappa shape index (κ1) is 23.9. The van der Waals surface area contributed by atoms with Crippen molar-refractivity contribution in [2.75, 3.05) is 59.5 Å². The quantitative estimate of drug-likeness (QED) is 0.201. The summed E-state index contributed by atoms with van der Waals surface area (Å²) in [6.45, 7) is 6.15. The first-order chi connectivity index (χ1) is 12.3. The number of carbonyl (C=O) groups excluding carboxylic acids is 1. The van der Waals surface area contributed by atoms with Gasteiger partial charge in [0.25, 0.3) is 0 Å². The summed E-state index contributed by atoms with van der Waals surface area (Å²) >= 11 is 0. The molecule has 0 saturated heterocycles. The van der Waals surface area contributed by atoms with E-state index in [0.29, 0.717) is 65.9 Å². The summed E-state index contributed by atoms with van der Waals surface area (Å²) in [7, 11) is 0. The van der Waals surface area contributed by atoms with Crippen LogP contribution in [0.15, 0.2) is 0 Å². The summed E-state index contributed by atoms with van der Waals surface area (Å²) in [6, 6.07) is 0. The molecule has 0 aromatic heterocycles. The van der Waals surface area contributed by atoms with Crippen molar-refractivity contribution in [2.24, 2.45) is 0 Å². The Morgan fingerprint density at radius 1 is 0.760 bits per heavy atom. The molecule has 0 fully saturated rings. The van der Waals surface area contributed by atoms with Crippen molar-refractivity contribution < 1.29 is 28.5 Å². The van der Waals surface area contributed by atoms with Gasteiger partial charge in [-0.3, -0.25) is 4.79 Å². The molecule has 0 aliphatic carbocycles. The van der Waals surface area contributed by atoms with Gasteiger partial charge in [0, 0.05) is 6.42 Å². The molecular formula is C19H34O6. The number of rotatable bonds is 19. The lowest BCUT2D eigenvalue weighted by Gasteiger charge is -2.07. The zero-order valence-corrected chi connectivity index (χ0v) is 15.6. The largest absolute Gasteiger partial charge is 0.463 e. The molecule has 6 nitrogen and oxygen atoms in total. The molecule has 0 heterocycles. The molecule has 0 aliphatic rings. The Morgan fingerprint density at radius 2 is 1.28 bits per heavy atom. The van der Waals surface area contributed by atoms with Gasteiger partial charge in [0.15, 0.2) is 0 Å². The molecule has 0 aromatic carbocycles. The predicted octanol–water partition coefficient (Wildman–Crippen LogP) is 2.59. The summed E-state index contributed by atoms with van der Waals surface area (Å²) in [5, 5.41) is 0. The zero-order valence-electron chi connectivity index (χ0n) is 15.6. The number of esters is 1. The van der Waals surface area contributed by atoms with Crippen LogP contribution in [0.25, 0.3) is 0 Å². The summed E-state index contributed by atoms with van der Waals surface area (Å²) in [5.41, 5.74) is 0. The summed E-state index contributed by atoms with van der Waals surface area (Å²) in [6.07, 6.45) is 11.2. The molecule has 6 heteroatoms. The van der Waals surface area contributed by atoms with Crippen LogP contribution in [0, 0.1) is 12.3 Å². The van der Waals surface area contributed by atoms with E-state index in [4.69, 9.17) is 30.1 Å². The van der Waals surface area contributed by atoms with Crippen molar-refractivity contribution in [3.63, 3.8) is 0 Å². The van der Waals surface area contributed by atoms with E-state index < -0.39 is 0 Å². The van der Waals surface area contributed by atoms with Crippen molar-refractivity contribution in [2.45, 2.75) is 45.4 Å². The Labute approximate surface area is 152 Å². The molecule has 0 rings (SSSR count). The van der Waals surface area contributed by atoms with Crippen LogP contribution in [0.3, 0.4) is 0 Å². The van der Waals surface area contributed by atoms with E-state index in [1.54, 1.807) is 0 Å². The molecule has 0 radical (unpaired) electrons. The van der Waals surface area contributed by atoms with Gasteiger partial charge in [-0.1, -0.05) is 38.5 Å². The molecule has 0 amide bonds. The fourth-order valence-electron chi connectivity index (χ4n) is 1.95. The number of hydrogen-bond acceptors (Lipinski definition) is 6. The highest BCUT2D eigenvalue weighted by Gasteiger charge is 2.02. The number of unbranched alkanes of at least 4 members (excludes halogenated alkanes) is 4. The number of ether oxygens (including phenoxy) is 5. The van der Waals surface area contributed by atoms with Gasteiger partial charge in [-0.2, -0.15) is 0 Å². The second-order valence-electron chi connectivity index (χ2n) is 5.48. The zero-order chi connectivity index (χ0) is 18.4. The van der Waals surface area contributed by atoms with Gasteiger partial charge in [-0.05, 0) is 6.42 Å². The van der Waals surface area contributed by atoms with Gasteiger partial charge in [0.1, 0.15) is 13.2 Å². The maximum absolute atomic E-state index is 11.5. The van der Waals surface area contributed by atoms with Gasteiger partial charge in [0.2, 0.25) is 0 Å². The van der Waals surface area contributed by atoms with Crippen LogP contribution < -0.4 is 0 Å². The molecule has 0 saturated carbocycles. The highest BCUT2D eigenvalue weighted by molar-refractivity contribution is 5.69. The summed E-state index contributed by atoms with van der Waals surface area (Å²) in [4.78, 5) is 11.5. The average molecular weight is 358 g/mol. The van der Waals surface area contributed by atoms with E-state index in [1.165, 1.54) is 19.3 Å². The molecule has 146 valence electrons. The minimum atomic E-state index is -0.139. The second kappa shape index (κ2) is 20.9. The van der Waals surface area contributed by atoms with Crippen molar-refractivity contribution in [3.05, 3.63) is 0 Å². The normalized spacial score (nSPS) is 10.6. The molecule has 0 N–H and O–H groups in total. The molecule has 0 aromatic rings. The Hall–Kier alpha value is -1.13. The number of carbonyl (C=O) groups is 1. The Balaban J connectivity index is 3.11. The highest BCUT2D eigenvalue weighted by Crippen LogP contribution is 2.05. The molecule has 0 atom stereocenters. The monoisotopic (exact) mass is 358 g/mol. The Morgan fingerprint density at radius 3 is 1.84 bits per heavy atom. The van der Waals surface area contributed by atoms with Crippen LogP contribution in [0.2, 0.25) is 0 Å². The van der Waals surface area contributed by atoms with Gasteiger partial charge >= 0.3 is 5.97 Å². The van der Waals surface area contributed by atoms with E-state index in [1.807, 2.05) is 0 Å². The Bertz CT molecular complexity index is 326. The second-order valence-corrected chi connectivity index (χ2v) is 5.48. The summed E-state index contributed by atoms with van der Waals surface area (Å²) < 4.78 is 26.1. The molecule has 0 aliphatic heterocycles. The maximum Gasteiger partial charge on any atom is 0.305 e. The number of terminal acetylenes is 1. The topological polar surface area (TPSA) is 63.2 Å². The third-order valence-corrected chi connectivity index (χ3v) is 3.28. The van der Waals surface area contributed by atoms with Crippen LogP contribution in [0.1, 0.15) is 45.4 Å². The SMILES string of the molecule is C#CCOCCOCCOCCOCCOC(=O)CCCCCCC. The molecule has 25 heavy (non-hydrogen) atoms. The predicted molar refractivity (Wildman–Crippen MR) is 96.4 cm³/mol. The minimum Gasteiger partial charge on any atom is -0.463 e. The van der Waals surface area contributed by atoms with Gasteiger partial charge < -0.3 is 23.7 Å². The average Bonchev–Trinajstić information content (AvgIpc) is 2.62. The minimum absolute atomic E-state index is 0.139. The first-order valence-electron chi connectivity index (χ1n) is 9.21. The van der Waals surface area contributed by atoms with Crippen LogP contribution in [0.4, 0.5) is 0 Å². The van der Waals surface area contributed by atoms with Crippen molar-refractivity contribution in [1.82, 2.24) is 0 Å². The van der Waals surface area contributed by atoms with Crippen LogP contribution in [0.5, 0.6) is 0 Å². The fourth-order valence-corrected chi connectivity index (χ4v) is 1.95. The third-order valence-electron chi connectivity index (χ3n) is 3.28. The van der Waals surface area contributed by atoms with E-state index in [9.17, 15) is 4.79 Å². The lowest BCUT2D eigenvalue weighted by molar-refractivity contribution is -0.145. The van der Waals surface area contributed by atoms with Crippen LogP contribution >= 0.6 is 0 Å². The fraction of sp³-hybridized carbons (Fsp3) is 0.842. The molecule has 0 bridgehead atoms. The molecular weight excluding hydrogens is 324 g/mol. The summed E-state index contributed by atoms with van der Waals surface area (Å²) in [5.74, 6) is 2.25. The smallest absolute Gasteiger partial charge is 0.305 e. The van der Waals surface area contributed by atoms with Crippen LogP contribution in [-0.4, -0.2) is 65.4 Å². The van der Waals surface area contributed by atoms with Crippen molar-refractivity contribution in [1.29, 1.82) is 0 Å². The lowest BCUT2D eigenvalue weighted by atomic mass is 10.1. The van der Waals surface area contributed by atoms with E-state index >= 15 is 0 Å². The Kier molecular flexibility index (Phi) is 20.0. The van der Waals surface area contributed by atoms with Gasteiger partial charge in [-0.15, -0.1) is 6.42 Å². The molecule has 0 unspecified atom stereocenters. The lowest BCUT2D eigenvalue weighted by Crippen LogP contribution is -2.14. The first-order valence-corrected chi connectivity index (χ1v) is 9.21. The molecule has 0 spiro atoms. The number of hydrogen-bond donors (Lipinski definition) is 0. The standard InChI is InChI=1S/C19H34O6/c1-3-5-6-7-8-9-19(20)25-18-17-24-16-15-23-14-13-22-12-11-21-10-4-2/h2H,3,5-18H2,1H3. The van der Waals surface area contributed by atoms with Crippen molar-refractivity contribution in [3.8, 4) is 12.3 Å². The third kappa shape index (κ3) is 20.8. The van der Waals surface area contributed by atoms with E-state index in [2.05, 4.69) is 12.8 Å². The highest BCUT2D eigenvalue weighted by atomic mass is 16.6.